The van der Waals surface area contributed by atoms with Gasteiger partial charge in [0.15, 0.2) is 0 Å². The number of fused-ring (bicyclic) bond motifs is 7. The van der Waals surface area contributed by atoms with E-state index in [1.165, 1.54) is 77.2 Å². The average molecular weight is 523 g/mol. The summed E-state index contributed by atoms with van der Waals surface area (Å²) in [5.74, 6) is 0. The Morgan fingerprint density at radius 3 is 1.51 bits per heavy atom. The Morgan fingerprint density at radius 1 is 0.366 bits per heavy atom. The lowest BCUT2D eigenvalue weighted by Crippen LogP contribution is -2.15. The molecule has 1 aliphatic carbocycles. The minimum Gasteiger partial charge on any atom is -0.0622 e. The van der Waals surface area contributed by atoms with E-state index in [0.29, 0.717) is 0 Å². The molecule has 0 spiro atoms. The summed E-state index contributed by atoms with van der Waals surface area (Å²) in [5, 5.41) is 5.29. The van der Waals surface area contributed by atoms with Crippen LogP contribution in [0.25, 0.3) is 66.1 Å². The maximum Gasteiger partial charge on any atom is 0.0159 e. The van der Waals surface area contributed by atoms with Gasteiger partial charge in [-0.2, -0.15) is 0 Å². The molecule has 0 heterocycles. The van der Waals surface area contributed by atoms with Crippen molar-refractivity contribution in [2.24, 2.45) is 0 Å². The smallest absolute Gasteiger partial charge is 0.0159 e. The Kier molecular flexibility index (Phi) is 5.27. The molecule has 7 aromatic carbocycles. The molecule has 0 nitrogen and oxygen atoms in total. The molecular formula is C41H30. The molecule has 0 heteroatoms. The topological polar surface area (TPSA) is 0 Å². The second kappa shape index (κ2) is 9.04. The molecule has 8 rings (SSSR count). The fraction of sp³-hybridized carbons (Fsp3) is 0.0732. The van der Waals surface area contributed by atoms with E-state index in [2.05, 4.69) is 159 Å². The Labute approximate surface area is 241 Å². The second-order valence-electron chi connectivity index (χ2n) is 11.7. The van der Waals surface area contributed by atoms with Crippen molar-refractivity contribution in [1.29, 1.82) is 0 Å². The van der Waals surface area contributed by atoms with Gasteiger partial charge in [0.25, 0.3) is 0 Å². The number of hydrogen-bond donors (Lipinski definition) is 0. The van der Waals surface area contributed by atoms with Crippen molar-refractivity contribution >= 4 is 21.5 Å². The Bertz CT molecular complexity index is 2080. The van der Waals surface area contributed by atoms with Crippen molar-refractivity contribution in [2.75, 3.05) is 0 Å². The van der Waals surface area contributed by atoms with E-state index < -0.39 is 0 Å². The van der Waals surface area contributed by atoms with Gasteiger partial charge in [0, 0.05) is 5.41 Å². The summed E-state index contributed by atoms with van der Waals surface area (Å²) < 4.78 is 0. The fourth-order valence-electron chi connectivity index (χ4n) is 6.91. The molecule has 0 radical (unpaired) electrons. The summed E-state index contributed by atoms with van der Waals surface area (Å²) in [7, 11) is 0. The Morgan fingerprint density at radius 2 is 0.854 bits per heavy atom. The lowest BCUT2D eigenvalue weighted by molar-refractivity contribution is 0.661. The first-order valence-corrected chi connectivity index (χ1v) is 14.4. The highest BCUT2D eigenvalue weighted by atomic mass is 14.4. The quantitative estimate of drug-likeness (QED) is 0.216. The Hall–Kier alpha value is -4.94. The monoisotopic (exact) mass is 522 g/mol. The molecule has 0 N–H and O–H groups in total. The predicted molar refractivity (Wildman–Crippen MR) is 175 cm³/mol. The van der Waals surface area contributed by atoms with Gasteiger partial charge in [-0.3, -0.25) is 0 Å². The molecule has 0 atom stereocenters. The highest BCUT2D eigenvalue weighted by molar-refractivity contribution is 6.14. The lowest BCUT2D eigenvalue weighted by atomic mass is 9.80. The van der Waals surface area contributed by atoms with Gasteiger partial charge >= 0.3 is 0 Å². The van der Waals surface area contributed by atoms with E-state index in [4.69, 9.17) is 0 Å². The third-order valence-electron chi connectivity index (χ3n) is 9.09. The Balaban J connectivity index is 1.25. The van der Waals surface area contributed by atoms with Crippen LogP contribution in [-0.4, -0.2) is 0 Å². The summed E-state index contributed by atoms with van der Waals surface area (Å²) >= 11 is 0. The van der Waals surface area contributed by atoms with E-state index >= 15 is 0 Å². The van der Waals surface area contributed by atoms with Gasteiger partial charge in [-0.1, -0.05) is 153 Å². The summed E-state index contributed by atoms with van der Waals surface area (Å²) in [4.78, 5) is 0. The molecule has 0 aliphatic heterocycles. The van der Waals surface area contributed by atoms with E-state index in [1.54, 1.807) is 0 Å². The third kappa shape index (κ3) is 3.68. The van der Waals surface area contributed by atoms with Gasteiger partial charge in [-0.25, -0.2) is 0 Å². The van der Waals surface area contributed by atoms with E-state index in [-0.39, 0.29) is 5.41 Å². The van der Waals surface area contributed by atoms with Crippen molar-refractivity contribution in [3.8, 4) is 44.5 Å². The van der Waals surface area contributed by atoms with Gasteiger partial charge in [-0.05, 0) is 83.2 Å². The van der Waals surface area contributed by atoms with E-state index in [1.807, 2.05) is 0 Å². The maximum absolute atomic E-state index is 2.47. The standard InChI is InChI=1S/C41H30/c1-41(2)37-25-24-31-12-6-7-13-33(31)39(37)40-35-15-9-8-14-34(35)36(26-38(40)41)32-22-20-30(21-23-32)29-18-16-28(17-19-29)27-10-4-3-5-11-27/h3-26H,1-2H3. The van der Waals surface area contributed by atoms with Crippen LogP contribution in [0.1, 0.15) is 25.0 Å². The number of hydrogen-bond acceptors (Lipinski definition) is 0. The van der Waals surface area contributed by atoms with Crippen LogP contribution < -0.4 is 0 Å². The first kappa shape index (κ1) is 23.9. The van der Waals surface area contributed by atoms with Gasteiger partial charge in [0.1, 0.15) is 0 Å². The molecule has 194 valence electrons. The van der Waals surface area contributed by atoms with E-state index in [0.717, 1.165) is 0 Å². The van der Waals surface area contributed by atoms with E-state index in [9.17, 15) is 0 Å². The maximum atomic E-state index is 2.47. The number of benzene rings is 7. The largest absolute Gasteiger partial charge is 0.0622 e. The van der Waals surface area contributed by atoms with Gasteiger partial charge in [0.05, 0.1) is 0 Å². The highest BCUT2D eigenvalue weighted by Gasteiger charge is 2.38. The van der Waals surface area contributed by atoms with Crippen LogP contribution in [0.2, 0.25) is 0 Å². The SMILES string of the molecule is CC1(C)c2ccc3ccccc3c2-c2c1cc(-c1ccc(-c3ccc(-c4ccccc4)cc3)cc1)c1ccccc21. The summed E-state index contributed by atoms with van der Waals surface area (Å²) in [5.41, 5.74) is 13.1. The van der Waals surface area contributed by atoms with Crippen molar-refractivity contribution in [3.05, 3.63) is 157 Å². The zero-order chi connectivity index (χ0) is 27.6. The third-order valence-corrected chi connectivity index (χ3v) is 9.09. The van der Waals surface area contributed by atoms with Crippen molar-refractivity contribution in [1.82, 2.24) is 0 Å². The highest BCUT2D eigenvalue weighted by Crippen LogP contribution is 2.55. The van der Waals surface area contributed by atoms with Crippen LogP contribution in [0, 0.1) is 0 Å². The first-order chi connectivity index (χ1) is 20.1. The molecule has 0 bridgehead atoms. The fourth-order valence-corrected chi connectivity index (χ4v) is 6.91. The molecule has 0 unspecified atom stereocenters. The number of rotatable bonds is 3. The molecule has 7 aromatic rings. The van der Waals surface area contributed by atoms with Gasteiger partial charge < -0.3 is 0 Å². The van der Waals surface area contributed by atoms with Crippen LogP contribution in [0.4, 0.5) is 0 Å². The van der Waals surface area contributed by atoms with Crippen LogP contribution in [0.5, 0.6) is 0 Å². The molecule has 1 aliphatic rings. The second-order valence-corrected chi connectivity index (χ2v) is 11.7. The minimum absolute atomic E-state index is 0.0755. The molecular weight excluding hydrogens is 492 g/mol. The molecule has 0 aromatic heterocycles. The summed E-state index contributed by atoms with van der Waals surface area (Å²) in [6.45, 7) is 4.76. The van der Waals surface area contributed by atoms with Crippen molar-refractivity contribution < 1.29 is 0 Å². The molecule has 0 amide bonds. The average Bonchev–Trinajstić information content (AvgIpc) is 3.28. The van der Waals surface area contributed by atoms with Crippen LogP contribution >= 0.6 is 0 Å². The zero-order valence-corrected chi connectivity index (χ0v) is 23.4. The van der Waals surface area contributed by atoms with Crippen LogP contribution in [-0.2, 0) is 5.41 Å². The summed E-state index contributed by atoms with van der Waals surface area (Å²) in [6.07, 6.45) is 0. The molecule has 0 saturated carbocycles. The van der Waals surface area contributed by atoms with Crippen LogP contribution in [0.15, 0.2) is 146 Å². The van der Waals surface area contributed by atoms with Crippen LogP contribution in [0.3, 0.4) is 0 Å². The molecule has 0 fully saturated rings. The lowest BCUT2D eigenvalue weighted by Gasteiger charge is -2.23. The van der Waals surface area contributed by atoms with Gasteiger partial charge in [-0.15, -0.1) is 0 Å². The normalized spacial score (nSPS) is 13.3. The predicted octanol–water partition coefficient (Wildman–Crippen LogP) is 11.3. The first-order valence-electron chi connectivity index (χ1n) is 14.4. The summed E-state index contributed by atoms with van der Waals surface area (Å²) in [6, 6.07) is 53.5. The van der Waals surface area contributed by atoms with Crippen molar-refractivity contribution in [3.63, 3.8) is 0 Å². The van der Waals surface area contributed by atoms with Crippen molar-refractivity contribution in [2.45, 2.75) is 19.3 Å². The molecule has 0 saturated heterocycles. The zero-order valence-electron chi connectivity index (χ0n) is 23.4. The molecule has 41 heavy (non-hydrogen) atoms. The minimum atomic E-state index is -0.0755. The van der Waals surface area contributed by atoms with Gasteiger partial charge in [0.2, 0.25) is 0 Å².